The van der Waals surface area contributed by atoms with Gasteiger partial charge in [0, 0.05) is 6.07 Å². The van der Waals surface area contributed by atoms with E-state index >= 15 is 0 Å². The van der Waals surface area contributed by atoms with Gasteiger partial charge in [0.15, 0.2) is 0 Å². The van der Waals surface area contributed by atoms with E-state index in [-0.39, 0.29) is 11.3 Å². The van der Waals surface area contributed by atoms with Crippen molar-refractivity contribution in [1.29, 1.82) is 0 Å². The molecule has 1 amide bonds. The maximum Gasteiger partial charge on any atom is 0.252 e. The van der Waals surface area contributed by atoms with Crippen LogP contribution in [0, 0.1) is 12.7 Å². The number of hydrogen-bond acceptors (Lipinski definition) is 2. The van der Waals surface area contributed by atoms with Gasteiger partial charge in [0.1, 0.15) is 17.3 Å². The molecule has 0 saturated carbocycles. The second-order valence-electron chi connectivity index (χ2n) is 4.04. The zero-order valence-corrected chi connectivity index (χ0v) is 11.7. The van der Waals surface area contributed by atoms with E-state index in [0.717, 1.165) is 5.56 Å². The number of halogens is 2. The molecule has 0 spiro atoms. The van der Waals surface area contributed by atoms with Crippen molar-refractivity contribution in [3.63, 3.8) is 0 Å². The molecule has 0 radical (unpaired) electrons. The zero-order valence-electron chi connectivity index (χ0n) is 10.1. The molecule has 98 valence electrons. The molecule has 2 N–H and O–H groups in total. The average Bonchev–Trinajstić information content (AvgIpc) is 2.33. The van der Waals surface area contributed by atoms with E-state index < -0.39 is 11.7 Å². The van der Waals surface area contributed by atoms with E-state index in [0.29, 0.717) is 10.2 Å². The van der Waals surface area contributed by atoms with Gasteiger partial charge in [-0.05, 0) is 52.7 Å². The van der Waals surface area contributed by atoms with E-state index in [1.165, 1.54) is 18.2 Å². The van der Waals surface area contributed by atoms with Gasteiger partial charge in [-0.15, -0.1) is 0 Å². The van der Waals surface area contributed by atoms with E-state index in [4.69, 9.17) is 10.5 Å². The summed E-state index contributed by atoms with van der Waals surface area (Å²) in [5.41, 5.74) is 6.44. The van der Waals surface area contributed by atoms with Crippen molar-refractivity contribution >= 4 is 21.8 Å². The van der Waals surface area contributed by atoms with Crippen molar-refractivity contribution in [2.45, 2.75) is 6.92 Å². The fourth-order valence-corrected chi connectivity index (χ4v) is 1.92. The molecule has 0 heterocycles. The molecular formula is C14H11BrFNO2. The van der Waals surface area contributed by atoms with Crippen molar-refractivity contribution in [2.75, 3.05) is 0 Å². The van der Waals surface area contributed by atoms with Crippen molar-refractivity contribution in [3.05, 3.63) is 57.8 Å². The number of rotatable bonds is 3. The maximum atomic E-state index is 13.2. The summed E-state index contributed by atoms with van der Waals surface area (Å²) in [4.78, 5) is 11.3. The highest BCUT2D eigenvalue weighted by molar-refractivity contribution is 9.10. The van der Waals surface area contributed by atoms with Crippen LogP contribution in [0.25, 0.3) is 0 Å². The average molecular weight is 324 g/mol. The molecule has 19 heavy (non-hydrogen) atoms. The van der Waals surface area contributed by atoms with Gasteiger partial charge in [-0.25, -0.2) is 4.39 Å². The first-order valence-corrected chi connectivity index (χ1v) is 6.30. The highest BCUT2D eigenvalue weighted by atomic mass is 79.9. The topological polar surface area (TPSA) is 52.3 Å². The molecule has 5 heteroatoms. The third-order valence-corrected chi connectivity index (χ3v) is 3.17. The minimum absolute atomic E-state index is 0.252. The number of primary amides is 1. The number of carbonyl (C=O) groups excluding carboxylic acids is 1. The monoisotopic (exact) mass is 323 g/mol. The smallest absolute Gasteiger partial charge is 0.252 e. The van der Waals surface area contributed by atoms with Crippen LogP contribution in [-0.2, 0) is 0 Å². The number of nitrogens with two attached hydrogens (primary N) is 1. The molecule has 2 aromatic rings. The third kappa shape index (κ3) is 3.12. The van der Waals surface area contributed by atoms with Gasteiger partial charge < -0.3 is 10.5 Å². The zero-order chi connectivity index (χ0) is 14.0. The number of hydrogen-bond donors (Lipinski definition) is 1. The van der Waals surface area contributed by atoms with Gasteiger partial charge in [0.2, 0.25) is 0 Å². The Morgan fingerprint density at radius 1 is 1.21 bits per heavy atom. The standard InChI is InChI=1S/C14H11BrFNO2/c1-8-2-4-10(14(17)18)12(6-8)19-13-7-9(16)3-5-11(13)15/h2-7H,1H3,(H2,17,18). The van der Waals surface area contributed by atoms with Gasteiger partial charge in [-0.1, -0.05) is 6.07 Å². The highest BCUT2D eigenvalue weighted by Crippen LogP contribution is 2.32. The Labute approximate surface area is 118 Å². The summed E-state index contributed by atoms with van der Waals surface area (Å²) in [5, 5.41) is 0. The third-order valence-electron chi connectivity index (χ3n) is 2.52. The van der Waals surface area contributed by atoms with Crippen LogP contribution in [0.4, 0.5) is 4.39 Å². The molecule has 0 aliphatic heterocycles. The van der Waals surface area contributed by atoms with Crippen LogP contribution in [0.2, 0.25) is 0 Å². The minimum Gasteiger partial charge on any atom is -0.455 e. The number of amides is 1. The predicted molar refractivity (Wildman–Crippen MR) is 73.9 cm³/mol. The predicted octanol–water partition coefficient (Wildman–Crippen LogP) is 3.79. The number of benzene rings is 2. The van der Waals surface area contributed by atoms with Crippen LogP contribution in [0.15, 0.2) is 40.9 Å². The molecule has 0 aliphatic rings. The first-order valence-electron chi connectivity index (χ1n) is 5.51. The van der Waals surface area contributed by atoms with Crippen LogP contribution in [0.3, 0.4) is 0 Å². The Balaban J connectivity index is 2.45. The van der Waals surface area contributed by atoms with Gasteiger partial charge in [-0.2, -0.15) is 0 Å². The lowest BCUT2D eigenvalue weighted by Crippen LogP contribution is -2.12. The quantitative estimate of drug-likeness (QED) is 0.934. The molecule has 0 atom stereocenters. The molecule has 0 unspecified atom stereocenters. The Morgan fingerprint density at radius 2 is 1.95 bits per heavy atom. The first-order chi connectivity index (χ1) is 8.97. The van der Waals surface area contributed by atoms with E-state index in [2.05, 4.69) is 15.9 Å². The summed E-state index contributed by atoms with van der Waals surface area (Å²) in [5.74, 6) is -0.430. The lowest BCUT2D eigenvalue weighted by Gasteiger charge is -2.11. The fourth-order valence-electron chi connectivity index (χ4n) is 1.59. The summed E-state index contributed by atoms with van der Waals surface area (Å²) < 4.78 is 19.4. The van der Waals surface area contributed by atoms with Crippen LogP contribution >= 0.6 is 15.9 Å². The van der Waals surface area contributed by atoms with Crippen molar-refractivity contribution in [1.82, 2.24) is 0 Å². The second-order valence-corrected chi connectivity index (χ2v) is 4.90. The van der Waals surface area contributed by atoms with Crippen LogP contribution in [-0.4, -0.2) is 5.91 Å². The van der Waals surface area contributed by atoms with Gasteiger partial charge in [-0.3, -0.25) is 4.79 Å². The summed E-state index contributed by atoms with van der Waals surface area (Å²) >= 11 is 3.26. The molecular weight excluding hydrogens is 313 g/mol. The maximum absolute atomic E-state index is 13.2. The Morgan fingerprint density at radius 3 is 2.63 bits per heavy atom. The SMILES string of the molecule is Cc1ccc(C(N)=O)c(Oc2cc(F)ccc2Br)c1. The highest BCUT2D eigenvalue weighted by Gasteiger charge is 2.12. The molecule has 0 bridgehead atoms. The van der Waals surface area contributed by atoms with Gasteiger partial charge in [0.25, 0.3) is 5.91 Å². The van der Waals surface area contributed by atoms with Crippen LogP contribution in [0.5, 0.6) is 11.5 Å². The number of aryl methyl sites for hydroxylation is 1. The van der Waals surface area contributed by atoms with Crippen molar-refractivity contribution in [3.8, 4) is 11.5 Å². The number of ether oxygens (including phenoxy) is 1. The summed E-state index contributed by atoms with van der Waals surface area (Å²) in [7, 11) is 0. The van der Waals surface area contributed by atoms with Gasteiger partial charge in [0.05, 0.1) is 10.0 Å². The van der Waals surface area contributed by atoms with Crippen LogP contribution in [0.1, 0.15) is 15.9 Å². The fraction of sp³-hybridized carbons (Fsp3) is 0.0714. The van der Waals surface area contributed by atoms with Gasteiger partial charge >= 0.3 is 0 Å². The Bertz CT molecular complexity index is 643. The molecule has 0 fully saturated rings. The molecule has 2 aromatic carbocycles. The lowest BCUT2D eigenvalue weighted by molar-refractivity contribution is 0.0998. The van der Waals surface area contributed by atoms with Crippen LogP contribution < -0.4 is 10.5 Å². The minimum atomic E-state index is -0.595. The summed E-state index contributed by atoms with van der Waals surface area (Å²) in [6, 6.07) is 9.09. The molecule has 3 nitrogen and oxygen atoms in total. The van der Waals surface area contributed by atoms with E-state index in [1.807, 2.05) is 6.92 Å². The largest absolute Gasteiger partial charge is 0.455 e. The van der Waals surface area contributed by atoms with E-state index in [9.17, 15) is 9.18 Å². The summed E-state index contributed by atoms with van der Waals surface area (Å²) in [6.07, 6.45) is 0. The second kappa shape index (κ2) is 5.40. The lowest BCUT2D eigenvalue weighted by atomic mass is 10.1. The Hall–Kier alpha value is -1.88. The van der Waals surface area contributed by atoms with E-state index in [1.54, 1.807) is 18.2 Å². The Kier molecular flexibility index (Phi) is 3.85. The molecule has 0 aliphatic carbocycles. The van der Waals surface area contributed by atoms with Crippen molar-refractivity contribution in [2.24, 2.45) is 5.73 Å². The molecule has 0 aromatic heterocycles. The summed E-state index contributed by atoms with van der Waals surface area (Å²) in [6.45, 7) is 1.86. The molecule has 0 saturated heterocycles. The number of carbonyl (C=O) groups is 1. The normalized spacial score (nSPS) is 10.3. The molecule has 2 rings (SSSR count). The first kappa shape index (κ1) is 13.5. The van der Waals surface area contributed by atoms with Crippen molar-refractivity contribution < 1.29 is 13.9 Å².